The van der Waals surface area contributed by atoms with E-state index in [1.807, 2.05) is 24.4 Å². The van der Waals surface area contributed by atoms with E-state index < -0.39 is 0 Å². The predicted octanol–water partition coefficient (Wildman–Crippen LogP) is 3.34. The van der Waals surface area contributed by atoms with Crippen molar-refractivity contribution < 1.29 is 0 Å². The van der Waals surface area contributed by atoms with Crippen LogP contribution in [0.3, 0.4) is 0 Å². The van der Waals surface area contributed by atoms with Crippen molar-refractivity contribution in [3.8, 4) is 11.3 Å². The molecule has 2 aromatic heterocycles. The van der Waals surface area contributed by atoms with E-state index in [0.717, 1.165) is 11.3 Å². The van der Waals surface area contributed by atoms with Crippen LogP contribution < -0.4 is 0 Å². The first-order valence-corrected chi connectivity index (χ1v) is 7.27. The molecule has 0 N–H and O–H groups in total. The number of pyridine rings is 1. The van der Waals surface area contributed by atoms with Gasteiger partial charge in [0.1, 0.15) is 12.7 Å². The summed E-state index contributed by atoms with van der Waals surface area (Å²) in [7, 11) is 0. The van der Waals surface area contributed by atoms with E-state index in [0.29, 0.717) is 12.0 Å². The number of rotatable bonds is 4. The molecule has 1 aromatic carbocycles. The van der Waals surface area contributed by atoms with Gasteiger partial charge in [-0.1, -0.05) is 36.4 Å². The van der Waals surface area contributed by atoms with Gasteiger partial charge in [-0.05, 0) is 30.4 Å². The maximum Gasteiger partial charge on any atom is 0.119 e. The Morgan fingerprint density at radius 2 is 1.71 bits per heavy atom. The Bertz CT molecular complexity index is 700. The van der Waals surface area contributed by atoms with E-state index in [4.69, 9.17) is 0 Å². The second-order valence-corrected chi connectivity index (χ2v) is 5.53. The molecule has 2 heterocycles. The Kier molecular flexibility index (Phi) is 2.99. The minimum atomic E-state index is 0.317. The third-order valence-electron chi connectivity index (χ3n) is 4.02. The zero-order valence-corrected chi connectivity index (χ0v) is 11.6. The molecule has 4 heteroatoms. The molecule has 4 rings (SSSR count). The van der Waals surface area contributed by atoms with Crippen LogP contribution in [0.15, 0.2) is 61.3 Å². The summed E-state index contributed by atoms with van der Waals surface area (Å²) in [4.78, 5) is 4.64. The van der Waals surface area contributed by atoms with Gasteiger partial charge in [-0.3, -0.25) is 4.98 Å². The van der Waals surface area contributed by atoms with Crippen molar-refractivity contribution in [3.63, 3.8) is 0 Å². The Morgan fingerprint density at radius 3 is 2.33 bits per heavy atom. The highest BCUT2D eigenvalue weighted by Gasteiger charge is 2.33. The molecule has 1 saturated carbocycles. The highest BCUT2D eigenvalue weighted by Crippen LogP contribution is 2.43. The fourth-order valence-corrected chi connectivity index (χ4v) is 2.81. The Balaban J connectivity index is 1.66. The molecule has 0 spiro atoms. The van der Waals surface area contributed by atoms with E-state index in [9.17, 15) is 0 Å². The van der Waals surface area contributed by atoms with Gasteiger partial charge < -0.3 is 4.57 Å². The van der Waals surface area contributed by atoms with E-state index in [-0.39, 0.29) is 0 Å². The second kappa shape index (κ2) is 5.13. The number of nitrogens with zero attached hydrogens (tertiary/aromatic N) is 4. The highest BCUT2D eigenvalue weighted by molar-refractivity contribution is 5.58. The fraction of sp³-hybridized carbons (Fsp3) is 0.235. The topological polar surface area (TPSA) is 43.6 Å². The molecule has 1 aliphatic carbocycles. The Labute approximate surface area is 123 Å². The molecule has 0 aliphatic heterocycles. The lowest BCUT2D eigenvalue weighted by atomic mass is 10.0. The third-order valence-corrected chi connectivity index (χ3v) is 4.02. The molecule has 1 aliphatic rings. The predicted molar refractivity (Wildman–Crippen MR) is 80.6 cm³/mol. The van der Waals surface area contributed by atoms with Crippen molar-refractivity contribution in [1.82, 2.24) is 19.7 Å². The molecule has 0 radical (unpaired) electrons. The largest absolute Gasteiger partial charge is 0.312 e. The minimum Gasteiger partial charge on any atom is -0.312 e. The van der Waals surface area contributed by atoms with Gasteiger partial charge in [0.05, 0.1) is 11.7 Å². The molecule has 3 aromatic rings. The minimum absolute atomic E-state index is 0.317. The van der Waals surface area contributed by atoms with E-state index >= 15 is 0 Å². The Morgan fingerprint density at radius 1 is 0.952 bits per heavy atom. The standard InChI is InChI=1S/C17H16N4/c1-2-4-13(5-3-1)16-9-8-15(10-18-16)17(14-6-7-14)21-11-19-20-12-21/h1-5,8-12,14,17H,6-7H2. The average Bonchev–Trinajstić information content (AvgIpc) is 3.23. The normalized spacial score (nSPS) is 15.8. The maximum atomic E-state index is 4.64. The zero-order chi connectivity index (χ0) is 14.1. The third kappa shape index (κ3) is 2.44. The average molecular weight is 276 g/mol. The molecule has 104 valence electrons. The zero-order valence-electron chi connectivity index (χ0n) is 11.6. The second-order valence-electron chi connectivity index (χ2n) is 5.53. The van der Waals surface area contributed by atoms with Crippen LogP contribution in [0.25, 0.3) is 11.3 Å². The maximum absolute atomic E-state index is 4.64. The summed E-state index contributed by atoms with van der Waals surface area (Å²) < 4.78 is 2.09. The molecule has 1 unspecified atom stereocenters. The van der Waals surface area contributed by atoms with Gasteiger partial charge in [0.25, 0.3) is 0 Å². The van der Waals surface area contributed by atoms with Crippen molar-refractivity contribution >= 4 is 0 Å². The molecule has 0 saturated heterocycles. The summed E-state index contributed by atoms with van der Waals surface area (Å²) in [6, 6.07) is 14.9. The molecule has 1 fully saturated rings. The van der Waals surface area contributed by atoms with Gasteiger partial charge in [-0.2, -0.15) is 0 Å². The first kappa shape index (κ1) is 12.3. The lowest BCUT2D eigenvalue weighted by Crippen LogP contribution is -2.11. The first-order chi connectivity index (χ1) is 10.4. The van der Waals surface area contributed by atoms with Crippen LogP contribution in [0, 0.1) is 5.92 Å². The summed E-state index contributed by atoms with van der Waals surface area (Å²) in [6.45, 7) is 0. The first-order valence-electron chi connectivity index (χ1n) is 7.27. The summed E-state index contributed by atoms with van der Waals surface area (Å²) in [6.07, 6.45) is 8.13. The van der Waals surface area contributed by atoms with Gasteiger partial charge in [0.15, 0.2) is 0 Å². The van der Waals surface area contributed by atoms with Crippen LogP contribution in [0.4, 0.5) is 0 Å². The monoisotopic (exact) mass is 276 g/mol. The van der Waals surface area contributed by atoms with Crippen molar-refractivity contribution in [3.05, 3.63) is 66.9 Å². The van der Waals surface area contributed by atoms with Crippen LogP contribution >= 0.6 is 0 Å². The van der Waals surface area contributed by atoms with Crippen LogP contribution in [-0.4, -0.2) is 19.7 Å². The number of aromatic nitrogens is 4. The molecular formula is C17H16N4. The van der Waals surface area contributed by atoms with Gasteiger partial charge in [-0.15, -0.1) is 10.2 Å². The lowest BCUT2D eigenvalue weighted by molar-refractivity contribution is 0.516. The van der Waals surface area contributed by atoms with Crippen LogP contribution in [0.2, 0.25) is 0 Å². The number of hydrogen-bond acceptors (Lipinski definition) is 3. The molecule has 0 bridgehead atoms. The van der Waals surface area contributed by atoms with Crippen LogP contribution in [0.1, 0.15) is 24.4 Å². The smallest absolute Gasteiger partial charge is 0.119 e. The van der Waals surface area contributed by atoms with Gasteiger partial charge in [0, 0.05) is 11.8 Å². The fourth-order valence-electron chi connectivity index (χ4n) is 2.81. The van der Waals surface area contributed by atoms with Crippen LogP contribution in [0.5, 0.6) is 0 Å². The van der Waals surface area contributed by atoms with Gasteiger partial charge >= 0.3 is 0 Å². The Hall–Kier alpha value is -2.49. The van der Waals surface area contributed by atoms with Crippen molar-refractivity contribution in [2.75, 3.05) is 0 Å². The lowest BCUT2D eigenvalue weighted by Gasteiger charge is -2.17. The van der Waals surface area contributed by atoms with Crippen molar-refractivity contribution in [2.24, 2.45) is 5.92 Å². The molecule has 1 atom stereocenters. The SMILES string of the molecule is c1ccc(-c2ccc(C(C3CC3)n3cnnc3)cn2)cc1. The number of benzene rings is 1. The van der Waals surface area contributed by atoms with Crippen molar-refractivity contribution in [2.45, 2.75) is 18.9 Å². The summed E-state index contributed by atoms with van der Waals surface area (Å²) >= 11 is 0. The van der Waals surface area contributed by atoms with E-state index in [1.54, 1.807) is 12.7 Å². The summed E-state index contributed by atoms with van der Waals surface area (Å²) in [5, 5.41) is 7.87. The van der Waals surface area contributed by atoms with Crippen molar-refractivity contribution in [1.29, 1.82) is 0 Å². The molecule has 0 amide bonds. The van der Waals surface area contributed by atoms with Gasteiger partial charge in [0.2, 0.25) is 0 Å². The van der Waals surface area contributed by atoms with E-state index in [2.05, 4.69) is 44.0 Å². The van der Waals surface area contributed by atoms with Crippen LogP contribution in [-0.2, 0) is 0 Å². The van der Waals surface area contributed by atoms with Gasteiger partial charge in [-0.25, -0.2) is 0 Å². The molecule has 4 nitrogen and oxygen atoms in total. The highest BCUT2D eigenvalue weighted by atomic mass is 15.2. The molecular weight excluding hydrogens is 260 g/mol. The molecule has 21 heavy (non-hydrogen) atoms. The quantitative estimate of drug-likeness (QED) is 0.734. The summed E-state index contributed by atoms with van der Waals surface area (Å²) in [5.74, 6) is 0.686. The van der Waals surface area contributed by atoms with E-state index in [1.165, 1.54) is 18.4 Å². The number of hydrogen-bond donors (Lipinski definition) is 0. The summed E-state index contributed by atoms with van der Waals surface area (Å²) in [5.41, 5.74) is 3.39.